The van der Waals surface area contributed by atoms with Crippen molar-refractivity contribution in [3.8, 4) is 34.1 Å². The average molecular weight is 505 g/mol. The summed E-state index contributed by atoms with van der Waals surface area (Å²) in [4.78, 5) is 21.9. The van der Waals surface area contributed by atoms with Crippen LogP contribution in [0.1, 0.15) is 32.1 Å². The second-order valence-corrected chi connectivity index (χ2v) is 9.12. The minimum Gasteiger partial charge on any atom is -0.493 e. The summed E-state index contributed by atoms with van der Waals surface area (Å²) in [5.41, 5.74) is 1.10. The fraction of sp³-hybridized carbons (Fsp3) is 0.321. The molecule has 0 aliphatic heterocycles. The molecule has 1 N–H and O–H groups in total. The van der Waals surface area contributed by atoms with Crippen LogP contribution in [-0.2, 0) is 7.05 Å². The lowest BCUT2D eigenvalue weighted by atomic mass is 9.96. The second kappa shape index (κ2) is 10.5. The first-order valence-corrected chi connectivity index (χ1v) is 12.3. The van der Waals surface area contributed by atoms with E-state index in [2.05, 4.69) is 15.3 Å². The summed E-state index contributed by atoms with van der Waals surface area (Å²) >= 11 is 0. The quantitative estimate of drug-likeness (QED) is 0.346. The maximum atomic E-state index is 15.2. The van der Waals surface area contributed by atoms with E-state index in [4.69, 9.17) is 14.2 Å². The lowest BCUT2D eigenvalue weighted by Gasteiger charge is -2.24. The molecule has 192 valence electrons. The van der Waals surface area contributed by atoms with Crippen LogP contribution >= 0.6 is 0 Å². The van der Waals surface area contributed by atoms with Crippen LogP contribution < -0.4 is 25.1 Å². The average Bonchev–Trinajstić information content (AvgIpc) is 2.92. The van der Waals surface area contributed by atoms with Crippen LogP contribution in [0.5, 0.6) is 23.0 Å². The van der Waals surface area contributed by atoms with E-state index in [0.717, 1.165) is 12.8 Å². The smallest absolute Gasteiger partial charge is 0.262 e. The van der Waals surface area contributed by atoms with Crippen LogP contribution in [0.2, 0.25) is 0 Å². The van der Waals surface area contributed by atoms with Crippen molar-refractivity contribution in [2.75, 3.05) is 19.5 Å². The van der Waals surface area contributed by atoms with E-state index >= 15 is 4.39 Å². The molecule has 1 aliphatic rings. The highest BCUT2D eigenvalue weighted by molar-refractivity contribution is 5.88. The van der Waals surface area contributed by atoms with Gasteiger partial charge in [-0.3, -0.25) is 14.3 Å². The Balaban J connectivity index is 1.42. The molecular weight excluding hydrogens is 475 g/mol. The van der Waals surface area contributed by atoms with E-state index in [9.17, 15) is 4.79 Å². The second-order valence-electron chi connectivity index (χ2n) is 9.12. The number of benzene rings is 2. The number of halogens is 1. The van der Waals surface area contributed by atoms with E-state index in [0.29, 0.717) is 51.3 Å². The van der Waals surface area contributed by atoms with Crippen molar-refractivity contribution in [3.63, 3.8) is 0 Å². The number of fused-ring (bicyclic) bond motifs is 1. The van der Waals surface area contributed by atoms with Crippen molar-refractivity contribution in [2.24, 2.45) is 7.05 Å². The van der Waals surface area contributed by atoms with E-state index < -0.39 is 5.82 Å². The van der Waals surface area contributed by atoms with Gasteiger partial charge in [-0.25, -0.2) is 9.37 Å². The number of nitrogens with one attached hydrogen (secondary N) is 1. The Bertz CT molecular complexity index is 1500. The van der Waals surface area contributed by atoms with Crippen LogP contribution in [0.3, 0.4) is 0 Å². The van der Waals surface area contributed by atoms with Gasteiger partial charge in [0, 0.05) is 36.9 Å². The third-order valence-electron chi connectivity index (χ3n) is 6.78. The van der Waals surface area contributed by atoms with Gasteiger partial charge in [-0.1, -0.05) is 25.3 Å². The third-order valence-corrected chi connectivity index (χ3v) is 6.78. The molecular formula is C28H29FN4O4. The zero-order valence-electron chi connectivity index (χ0n) is 21.1. The lowest BCUT2D eigenvalue weighted by Crippen LogP contribution is -2.29. The minimum absolute atomic E-state index is 0.0198. The number of pyridine rings is 1. The van der Waals surface area contributed by atoms with Gasteiger partial charge in [-0.2, -0.15) is 0 Å². The van der Waals surface area contributed by atoms with Gasteiger partial charge in [-0.05, 0) is 42.7 Å². The zero-order valence-corrected chi connectivity index (χ0v) is 21.1. The molecule has 9 heteroatoms. The summed E-state index contributed by atoms with van der Waals surface area (Å²) in [5.74, 6) is 1.39. The fourth-order valence-corrected chi connectivity index (χ4v) is 4.71. The number of nitrogens with zero attached hydrogens (tertiary/aromatic N) is 3. The van der Waals surface area contributed by atoms with E-state index in [-0.39, 0.29) is 11.3 Å². The first-order chi connectivity index (χ1) is 18.0. The van der Waals surface area contributed by atoms with Crippen molar-refractivity contribution < 1.29 is 18.6 Å². The number of aromatic nitrogens is 3. The Morgan fingerprint density at radius 3 is 2.43 bits per heavy atom. The molecule has 0 atom stereocenters. The highest BCUT2D eigenvalue weighted by atomic mass is 19.1. The van der Waals surface area contributed by atoms with Gasteiger partial charge in [0.2, 0.25) is 5.95 Å². The highest BCUT2D eigenvalue weighted by Gasteiger charge is 2.18. The molecule has 1 fully saturated rings. The summed E-state index contributed by atoms with van der Waals surface area (Å²) in [6.07, 6.45) is 8.81. The molecule has 8 nitrogen and oxygen atoms in total. The SMILES string of the molecule is COc1cc2nccc(Oc3ccc(-c4cnc(NC5CCCCC5)n(C)c4=O)cc3F)c2cc1OC. The lowest BCUT2D eigenvalue weighted by molar-refractivity contribution is 0.355. The first-order valence-electron chi connectivity index (χ1n) is 12.3. The molecule has 0 spiro atoms. The number of hydrogen-bond donors (Lipinski definition) is 1. The van der Waals surface area contributed by atoms with Crippen molar-refractivity contribution in [1.29, 1.82) is 0 Å². The van der Waals surface area contributed by atoms with Crippen LogP contribution in [0.4, 0.5) is 10.3 Å². The minimum atomic E-state index is -0.602. The molecule has 0 unspecified atom stereocenters. The Hall–Kier alpha value is -4.14. The fourth-order valence-electron chi connectivity index (χ4n) is 4.71. The molecule has 37 heavy (non-hydrogen) atoms. The van der Waals surface area contributed by atoms with Gasteiger partial charge >= 0.3 is 0 Å². The maximum absolute atomic E-state index is 15.2. The van der Waals surface area contributed by atoms with Gasteiger partial charge in [-0.15, -0.1) is 0 Å². The maximum Gasteiger partial charge on any atom is 0.262 e. The van der Waals surface area contributed by atoms with Gasteiger partial charge in [0.05, 0.1) is 25.3 Å². The van der Waals surface area contributed by atoms with Crippen molar-refractivity contribution in [2.45, 2.75) is 38.1 Å². The van der Waals surface area contributed by atoms with Gasteiger partial charge in [0.25, 0.3) is 5.56 Å². The van der Waals surface area contributed by atoms with E-state index in [1.54, 1.807) is 44.6 Å². The van der Waals surface area contributed by atoms with Crippen molar-refractivity contribution in [1.82, 2.24) is 14.5 Å². The Labute approximate surface area is 214 Å². The Morgan fingerprint density at radius 2 is 1.70 bits per heavy atom. The number of hydrogen-bond acceptors (Lipinski definition) is 7. The van der Waals surface area contributed by atoms with Crippen molar-refractivity contribution >= 4 is 16.9 Å². The number of methoxy groups -OCH3 is 2. The van der Waals surface area contributed by atoms with Crippen LogP contribution in [0.25, 0.3) is 22.0 Å². The van der Waals surface area contributed by atoms with Gasteiger partial charge in [0.1, 0.15) is 5.75 Å². The molecule has 2 heterocycles. The summed E-state index contributed by atoms with van der Waals surface area (Å²) in [5, 5.41) is 4.02. The summed E-state index contributed by atoms with van der Waals surface area (Å²) in [6, 6.07) is 9.88. The van der Waals surface area contributed by atoms with Crippen LogP contribution in [0, 0.1) is 5.82 Å². The topological polar surface area (TPSA) is 87.5 Å². The number of ether oxygens (including phenoxy) is 3. The normalized spacial score (nSPS) is 13.9. The number of anilines is 1. The zero-order chi connectivity index (χ0) is 25.9. The van der Waals surface area contributed by atoms with Gasteiger partial charge in [0.15, 0.2) is 23.1 Å². The molecule has 2 aromatic heterocycles. The van der Waals surface area contributed by atoms with Crippen molar-refractivity contribution in [3.05, 3.63) is 65.0 Å². The number of rotatable bonds is 7. The first kappa shape index (κ1) is 24.5. The predicted octanol–water partition coefficient (Wildman–Crippen LogP) is 5.69. The molecule has 4 aromatic rings. The van der Waals surface area contributed by atoms with E-state index in [1.165, 1.54) is 49.3 Å². The molecule has 0 saturated heterocycles. The molecule has 2 aromatic carbocycles. The standard InChI is InChI=1S/C28H29FN4O4/c1-33-27(34)20(16-31-28(33)32-18-7-5-4-6-8-18)17-9-10-24(21(29)13-17)37-23-11-12-30-22-15-26(36-3)25(35-2)14-19(22)23/h9-16,18H,4-8H2,1-3H3,(H,31,32). The molecule has 1 aliphatic carbocycles. The molecule has 0 bridgehead atoms. The highest BCUT2D eigenvalue weighted by Crippen LogP contribution is 2.37. The largest absolute Gasteiger partial charge is 0.493 e. The molecule has 0 radical (unpaired) electrons. The molecule has 0 amide bonds. The summed E-state index contributed by atoms with van der Waals surface area (Å²) in [6.45, 7) is 0. The van der Waals surface area contributed by atoms with Crippen LogP contribution in [0.15, 0.2) is 53.6 Å². The van der Waals surface area contributed by atoms with E-state index in [1.807, 2.05) is 0 Å². The monoisotopic (exact) mass is 504 g/mol. The Kier molecular flexibility index (Phi) is 6.94. The summed E-state index contributed by atoms with van der Waals surface area (Å²) < 4.78 is 33.3. The summed E-state index contributed by atoms with van der Waals surface area (Å²) in [7, 11) is 4.76. The third kappa shape index (κ3) is 4.94. The Morgan fingerprint density at radius 1 is 0.946 bits per heavy atom. The molecule has 1 saturated carbocycles. The predicted molar refractivity (Wildman–Crippen MR) is 140 cm³/mol. The van der Waals surface area contributed by atoms with Gasteiger partial charge < -0.3 is 19.5 Å². The van der Waals surface area contributed by atoms with Crippen LogP contribution in [-0.4, -0.2) is 34.8 Å². The molecule has 5 rings (SSSR count).